The summed E-state index contributed by atoms with van der Waals surface area (Å²) in [4.78, 5) is 12.6. The number of aliphatic hydroxyl groups excluding tert-OH is 1. The van der Waals surface area contributed by atoms with Gasteiger partial charge in [0.1, 0.15) is 0 Å². The molecule has 1 aromatic heterocycles. The van der Waals surface area contributed by atoms with Gasteiger partial charge in [-0.05, 0) is 44.2 Å². The van der Waals surface area contributed by atoms with Gasteiger partial charge in [-0.15, -0.1) is 0 Å². The lowest BCUT2D eigenvalue weighted by Gasteiger charge is -2.34. The van der Waals surface area contributed by atoms with E-state index in [2.05, 4.69) is 11.9 Å². The number of aliphatic hydroxyl groups is 1. The van der Waals surface area contributed by atoms with Gasteiger partial charge in [0, 0.05) is 30.6 Å². The van der Waals surface area contributed by atoms with Gasteiger partial charge in [0.05, 0.1) is 4.92 Å². The second-order valence-corrected chi connectivity index (χ2v) is 6.21. The first kappa shape index (κ1) is 14.4. The van der Waals surface area contributed by atoms with Crippen molar-refractivity contribution in [2.24, 2.45) is 5.92 Å². The summed E-state index contributed by atoms with van der Waals surface area (Å²) in [6.07, 6.45) is 4.37. The number of hydrogen-bond donors (Lipinski definition) is 1. The zero-order valence-electron chi connectivity index (χ0n) is 11.1. The Bertz CT molecular complexity index is 427. The van der Waals surface area contributed by atoms with Crippen molar-refractivity contribution in [1.29, 1.82) is 0 Å². The van der Waals surface area contributed by atoms with Crippen LogP contribution < -0.4 is 0 Å². The Hall–Kier alpha value is -0.980. The Morgan fingerprint density at radius 3 is 2.68 bits per heavy atom. The largest absolute Gasteiger partial charge is 0.396 e. The van der Waals surface area contributed by atoms with E-state index in [4.69, 9.17) is 5.11 Å². The van der Waals surface area contributed by atoms with Gasteiger partial charge >= 0.3 is 5.00 Å². The lowest BCUT2D eigenvalue weighted by atomic mass is 9.86. The van der Waals surface area contributed by atoms with E-state index < -0.39 is 0 Å². The molecular weight excluding hydrogens is 264 g/mol. The average Bonchev–Trinajstić information content (AvgIpc) is 2.87. The highest BCUT2D eigenvalue weighted by atomic mass is 32.1. The minimum atomic E-state index is -0.333. The molecule has 1 heterocycles. The van der Waals surface area contributed by atoms with Crippen LogP contribution in [0.2, 0.25) is 0 Å². The molecule has 1 fully saturated rings. The van der Waals surface area contributed by atoms with E-state index in [9.17, 15) is 10.1 Å². The van der Waals surface area contributed by atoms with Crippen molar-refractivity contribution in [3.05, 3.63) is 27.1 Å². The van der Waals surface area contributed by atoms with Crippen molar-refractivity contribution in [3.8, 4) is 0 Å². The van der Waals surface area contributed by atoms with Gasteiger partial charge in [-0.2, -0.15) is 0 Å². The predicted molar refractivity (Wildman–Crippen MR) is 75.3 cm³/mol. The van der Waals surface area contributed by atoms with E-state index in [-0.39, 0.29) is 9.92 Å². The minimum absolute atomic E-state index is 0.215. The zero-order valence-corrected chi connectivity index (χ0v) is 11.9. The highest BCUT2D eigenvalue weighted by Crippen LogP contribution is 2.29. The van der Waals surface area contributed by atoms with Crippen LogP contribution in [0.3, 0.4) is 0 Å². The van der Waals surface area contributed by atoms with Crippen molar-refractivity contribution in [1.82, 2.24) is 4.90 Å². The van der Waals surface area contributed by atoms with E-state index in [0.717, 1.165) is 37.8 Å². The molecule has 106 valence electrons. The molecule has 0 aromatic carbocycles. The summed E-state index contributed by atoms with van der Waals surface area (Å²) in [5, 5.41) is 21.9. The first-order valence-corrected chi connectivity index (χ1v) is 7.51. The average molecular weight is 284 g/mol. The molecule has 0 spiro atoms. The van der Waals surface area contributed by atoms with Crippen molar-refractivity contribution in [2.75, 3.05) is 13.7 Å². The normalized spacial score (nSPS) is 23.7. The molecule has 1 saturated carbocycles. The van der Waals surface area contributed by atoms with Crippen molar-refractivity contribution >= 4 is 16.3 Å². The third-order valence-corrected chi connectivity index (χ3v) is 4.88. The fourth-order valence-electron chi connectivity index (χ4n) is 2.73. The quantitative estimate of drug-likeness (QED) is 0.667. The predicted octanol–water partition coefficient (Wildman–Crippen LogP) is 2.64. The fourth-order valence-corrected chi connectivity index (χ4v) is 3.45. The molecule has 0 saturated heterocycles. The lowest BCUT2D eigenvalue weighted by Crippen LogP contribution is -2.35. The number of nitrogens with zero attached hydrogens (tertiary/aromatic N) is 2. The minimum Gasteiger partial charge on any atom is -0.396 e. The van der Waals surface area contributed by atoms with Gasteiger partial charge in [0.2, 0.25) is 0 Å². The van der Waals surface area contributed by atoms with Gasteiger partial charge in [0.15, 0.2) is 0 Å². The van der Waals surface area contributed by atoms with Crippen LogP contribution in [0.25, 0.3) is 0 Å². The molecular formula is C13H20N2O3S. The topological polar surface area (TPSA) is 66.6 Å². The summed E-state index contributed by atoms with van der Waals surface area (Å²) < 4.78 is 0. The zero-order chi connectivity index (χ0) is 13.8. The third-order valence-electron chi connectivity index (χ3n) is 3.95. The van der Waals surface area contributed by atoms with Crippen LogP contribution in [-0.2, 0) is 6.54 Å². The molecule has 0 bridgehead atoms. The molecule has 1 aliphatic carbocycles. The van der Waals surface area contributed by atoms with Gasteiger partial charge in [0.25, 0.3) is 0 Å². The Morgan fingerprint density at radius 2 is 2.16 bits per heavy atom. The Labute approximate surface area is 117 Å². The smallest absolute Gasteiger partial charge is 0.324 e. The molecule has 0 unspecified atom stereocenters. The van der Waals surface area contributed by atoms with Gasteiger partial charge in [-0.1, -0.05) is 11.3 Å². The van der Waals surface area contributed by atoms with Gasteiger partial charge < -0.3 is 5.11 Å². The van der Waals surface area contributed by atoms with Crippen LogP contribution in [0, 0.1) is 16.0 Å². The Morgan fingerprint density at radius 1 is 1.47 bits per heavy atom. The monoisotopic (exact) mass is 284 g/mol. The van der Waals surface area contributed by atoms with Crippen LogP contribution in [0.15, 0.2) is 11.4 Å². The molecule has 1 N–H and O–H groups in total. The van der Waals surface area contributed by atoms with Gasteiger partial charge in [-0.3, -0.25) is 15.0 Å². The van der Waals surface area contributed by atoms with Gasteiger partial charge in [-0.25, -0.2) is 0 Å². The molecule has 0 radical (unpaired) electrons. The van der Waals surface area contributed by atoms with Crippen molar-refractivity contribution in [2.45, 2.75) is 38.3 Å². The second kappa shape index (κ2) is 6.45. The molecule has 0 aliphatic heterocycles. The molecule has 2 rings (SSSR count). The summed E-state index contributed by atoms with van der Waals surface area (Å²) in [7, 11) is 2.08. The van der Waals surface area contributed by atoms with Crippen LogP contribution in [-0.4, -0.2) is 34.6 Å². The van der Waals surface area contributed by atoms with E-state index in [1.807, 2.05) is 5.38 Å². The number of rotatable bonds is 5. The molecule has 19 heavy (non-hydrogen) atoms. The first-order valence-electron chi connectivity index (χ1n) is 6.63. The molecule has 1 aliphatic rings. The molecule has 1 aromatic rings. The maximum atomic E-state index is 10.6. The standard InChI is InChI=1S/C13H20N2O3S/c1-14(12-4-2-10(8-16)3-5-12)7-11-6-13(15(17)18)19-9-11/h6,9-10,12,16H,2-5,7-8H2,1H3. The SMILES string of the molecule is CN(Cc1csc([N+](=O)[O-])c1)C1CCC(CO)CC1. The maximum Gasteiger partial charge on any atom is 0.324 e. The summed E-state index contributed by atoms with van der Waals surface area (Å²) in [5.41, 5.74) is 1.02. The summed E-state index contributed by atoms with van der Waals surface area (Å²) in [5.74, 6) is 0.465. The maximum absolute atomic E-state index is 10.6. The van der Waals surface area contributed by atoms with E-state index in [0.29, 0.717) is 18.6 Å². The Balaban J connectivity index is 1.86. The molecule has 6 heteroatoms. The first-order chi connectivity index (χ1) is 9.10. The molecule has 5 nitrogen and oxygen atoms in total. The van der Waals surface area contributed by atoms with Crippen LogP contribution in [0.5, 0.6) is 0 Å². The fraction of sp³-hybridized carbons (Fsp3) is 0.692. The van der Waals surface area contributed by atoms with Crippen LogP contribution in [0.1, 0.15) is 31.2 Å². The second-order valence-electron chi connectivity index (χ2n) is 5.32. The van der Waals surface area contributed by atoms with E-state index >= 15 is 0 Å². The number of thiophene rings is 1. The lowest BCUT2D eigenvalue weighted by molar-refractivity contribution is -0.380. The summed E-state index contributed by atoms with van der Waals surface area (Å²) in [6.45, 7) is 1.06. The summed E-state index contributed by atoms with van der Waals surface area (Å²) in [6, 6.07) is 2.20. The molecule has 0 atom stereocenters. The van der Waals surface area contributed by atoms with Crippen molar-refractivity contribution < 1.29 is 10.0 Å². The third kappa shape index (κ3) is 3.75. The molecule has 0 amide bonds. The highest BCUT2D eigenvalue weighted by molar-refractivity contribution is 7.13. The van der Waals surface area contributed by atoms with Crippen LogP contribution in [0.4, 0.5) is 5.00 Å². The van der Waals surface area contributed by atoms with E-state index in [1.165, 1.54) is 11.3 Å². The highest BCUT2D eigenvalue weighted by Gasteiger charge is 2.24. The number of nitro groups is 1. The van der Waals surface area contributed by atoms with Crippen LogP contribution >= 0.6 is 11.3 Å². The van der Waals surface area contributed by atoms with E-state index in [1.54, 1.807) is 6.07 Å². The summed E-state index contributed by atoms with van der Waals surface area (Å²) >= 11 is 1.19. The Kier molecular flexibility index (Phi) is 4.90. The number of hydrogen-bond acceptors (Lipinski definition) is 5. The van der Waals surface area contributed by atoms with Crippen molar-refractivity contribution in [3.63, 3.8) is 0 Å².